The normalized spacial score (nSPS) is 19.4. The average Bonchev–Trinajstić information content (AvgIpc) is 2.80. The summed E-state index contributed by atoms with van der Waals surface area (Å²) in [5.41, 5.74) is 1.42. The molecule has 0 saturated carbocycles. The fourth-order valence-corrected chi connectivity index (χ4v) is 3.88. The summed E-state index contributed by atoms with van der Waals surface area (Å²) in [5.74, 6) is -0.220. The van der Waals surface area contributed by atoms with E-state index in [0.717, 1.165) is 13.1 Å². The lowest BCUT2D eigenvalue weighted by atomic mass is 9.95. The number of ether oxygens (including phenoxy) is 1. The lowest BCUT2D eigenvalue weighted by Crippen LogP contribution is -2.52. The van der Waals surface area contributed by atoms with Crippen molar-refractivity contribution in [2.24, 2.45) is 0 Å². The Balaban J connectivity index is 1.56. The number of rotatable bonds is 6. The minimum absolute atomic E-state index is 0.204. The Morgan fingerprint density at radius 2 is 1.84 bits per heavy atom. The molecule has 2 aliphatic heterocycles. The summed E-state index contributed by atoms with van der Waals surface area (Å²) in [5, 5.41) is 5.54. The molecule has 2 aliphatic rings. The van der Waals surface area contributed by atoms with Gasteiger partial charge in [-0.2, -0.15) is 0 Å². The SMILES string of the molecule is CCOC(=O)C1=C(CN2CCN(c3ncccn3)CC2)NC(=O)N[C@@H]1c1ccc(F)cc1. The van der Waals surface area contributed by atoms with E-state index in [2.05, 4.69) is 30.4 Å². The fourth-order valence-electron chi connectivity index (χ4n) is 3.88. The van der Waals surface area contributed by atoms with E-state index >= 15 is 0 Å². The Bertz CT molecular complexity index is 990. The monoisotopic (exact) mass is 440 g/mol. The van der Waals surface area contributed by atoms with Crippen LogP contribution in [0.25, 0.3) is 0 Å². The quantitative estimate of drug-likeness (QED) is 0.659. The predicted molar refractivity (Wildman–Crippen MR) is 115 cm³/mol. The van der Waals surface area contributed by atoms with Crippen molar-refractivity contribution in [3.8, 4) is 0 Å². The second-order valence-electron chi connectivity index (χ2n) is 7.51. The summed E-state index contributed by atoms with van der Waals surface area (Å²) >= 11 is 0. The Labute approximate surface area is 185 Å². The van der Waals surface area contributed by atoms with Gasteiger partial charge in [0, 0.05) is 50.8 Å². The van der Waals surface area contributed by atoms with E-state index in [1.165, 1.54) is 12.1 Å². The zero-order valence-electron chi connectivity index (χ0n) is 17.8. The number of halogens is 1. The van der Waals surface area contributed by atoms with Gasteiger partial charge in [-0.3, -0.25) is 4.90 Å². The smallest absolute Gasteiger partial charge is 0.338 e. The van der Waals surface area contributed by atoms with Crippen molar-refractivity contribution in [3.05, 3.63) is 65.4 Å². The molecule has 168 valence electrons. The number of carbonyl (C=O) groups excluding carboxylic acids is 2. The highest BCUT2D eigenvalue weighted by Crippen LogP contribution is 2.28. The van der Waals surface area contributed by atoms with Gasteiger partial charge in [-0.05, 0) is 30.7 Å². The van der Waals surface area contributed by atoms with Crippen LogP contribution < -0.4 is 15.5 Å². The van der Waals surface area contributed by atoms with Gasteiger partial charge in [0.25, 0.3) is 0 Å². The van der Waals surface area contributed by atoms with Gasteiger partial charge in [-0.25, -0.2) is 23.9 Å². The third kappa shape index (κ3) is 4.86. The number of nitrogens with one attached hydrogen (secondary N) is 2. The van der Waals surface area contributed by atoms with Gasteiger partial charge >= 0.3 is 12.0 Å². The lowest BCUT2D eigenvalue weighted by molar-refractivity contribution is -0.139. The number of anilines is 1. The number of benzene rings is 1. The van der Waals surface area contributed by atoms with Gasteiger partial charge in [0.1, 0.15) is 5.82 Å². The van der Waals surface area contributed by atoms with Crippen LogP contribution in [0, 0.1) is 5.82 Å². The van der Waals surface area contributed by atoms with Crippen molar-refractivity contribution in [3.63, 3.8) is 0 Å². The first-order valence-corrected chi connectivity index (χ1v) is 10.5. The van der Waals surface area contributed by atoms with E-state index in [4.69, 9.17) is 4.74 Å². The lowest BCUT2D eigenvalue weighted by Gasteiger charge is -2.37. The summed E-state index contributed by atoms with van der Waals surface area (Å²) in [6.07, 6.45) is 3.43. The number of aromatic nitrogens is 2. The van der Waals surface area contributed by atoms with Crippen LogP contribution in [0.3, 0.4) is 0 Å². The highest BCUT2D eigenvalue weighted by molar-refractivity contribution is 5.95. The van der Waals surface area contributed by atoms with Crippen LogP contribution in [0.2, 0.25) is 0 Å². The number of urea groups is 1. The molecule has 1 atom stereocenters. The number of hydrogen-bond acceptors (Lipinski definition) is 7. The maximum Gasteiger partial charge on any atom is 0.338 e. The largest absolute Gasteiger partial charge is 0.463 e. The number of amides is 2. The molecule has 2 amide bonds. The number of carbonyl (C=O) groups is 2. The fraction of sp³-hybridized carbons (Fsp3) is 0.364. The van der Waals surface area contributed by atoms with Crippen LogP contribution in [0.4, 0.5) is 15.1 Å². The van der Waals surface area contributed by atoms with E-state index in [1.54, 1.807) is 37.5 Å². The zero-order valence-corrected chi connectivity index (χ0v) is 17.8. The third-order valence-corrected chi connectivity index (χ3v) is 5.44. The van der Waals surface area contributed by atoms with Crippen LogP contribution >= 0.6 is 0 Å². The molecule has 32 heavy (non-hydrogen) atoms. The first kappa shape index (κ1) is 21.7. The Morgan fingerprint density at radius 3 is 2.50 bits per heavy atom. The third-order valence-electron chi connectivity index (χ3n) is 5.44. The van der Waals surface area contributed by atoms with Gasteiger partial charge < -0.3 is 20.3 Å². The van der Waals surface area contributed by atoms with Crippen molar-refractivity contribution in [1.82, 2.24) is 25.5 Å². The molecule has 10 heteroatoms. The minimum atomic E-state index is -0.725. The van der Waals surface area contributed by atoms with E-state index in [1.807, 2.05) is 0 Å². The van der Waals surface area contributed by atoms with Crippen LogP contribution in [0.15, 0.2) is 54.0 Å². The number of hydrogen-bond donors (Lipinski definition) is 2. The van der Waals surface area contributed by atoms with Gasteiger partial charge in [0.2, 0.25) is 5.95 Å². The number of nitrogens with zero attached hydrogens (tertiary/aromatic N) is 4. The molecule has 0 radical (unpaired) electrons. The first-order chi connectivity index (χ1) is 15.5. The molecule has 0 unspecified atom stereocenters. The standard InChI is InChI=1S/C22H25FN6O3/c1-2-32-20(30)18-17(26-22(31)27-19(18)15-4-6-16(23)7-5-15)14-28-10-12-29(13-11-28)21-24-8-3-9-25-21/h3-9,19H,2,10-14H2,1H3,(H2,26,27,31)/t19-/m1/s1. The molecule has 0 spiro atoms. The van der Waals surface area contributed by atoms with Crippen LogP contribution in [-0.4, -0.2) is 66.2 Å². The van der Waals surface area contributed by atoms with Crippen molar-refractivity contribution in [2.75, 3.05) is 44.2 Å². The summed E-state index contributed by atoms with van der Waals surface area (Å²) in [6, 6.07) is 6.35. The molecular weight excluding hydrogens is 415 g/mol. The molecule has 9 nitrogen and oxygen atoms in total. The van der Waals surface area contributed by atoms with Gasteiger partial charge in [0.15, 0.2) is 0 Å². The summed E-state index contributed by atoms with van der Waals surface area (Å²) in [4.78, 5) is 38.1. The van der Waals surface area contributed by atoms with Crippen LogP contribution in [0.5, 0.6) is 0 Å². The molecule has 1 aromatic carbocycles. The molecule has 3 heterocycles. The second-order valence-corrected chi connectivity index (χ2v) is 7.51. The van der Waals surface area contributed by atoms with Gasteiger partial charge in [0.05, 0.1) is 18.2 Å². The maximum absolute atomic E-state index is 13.4. The predicted octanol–water partition coefficient (Wildman–Crippen LogP) is 1.61. The van der Waals surface area contributed by atoms with Crippen molar-refractivity contribution in [2.45, 2.75) is 13.0 Å². The summed E-state index contributed by atoms with van der Waals surface area (Å²) in [7, 11) is 0. The number of piperazine rings is 1. The molecule has 4 rings (SSSR count). The molecule has 1 aromatic heterocycles. The molecule has 2 aromatic rings. The zero-order chi connectivity index (χ0) is 22.5. The van der Waals surface area contributed by atoms with E-state index in [0.29, 0.717) is 42.4 Å². The average molecular weight is 440 g/mol. The topological polar surface area (TPSA) is 99.7 Å². The van der Waals surface area contributed by atoms with E-state index in [9.17, 15) is 14.0 Å². The Hall–Kier alpha value is -3.53. The minimum Gasteiger partial charge on any atom is -0.463 e. The molecule has 0 aliphatic carbocycles. The Kier molecular flexibility index (Phi) is 6.60. The maximum atomic E-state index is 13.4. The van der Waals surface area contributed by atoms with Gasteiger partial charge in [-0.15, -0.1) is 0 Å². The summed E-state index contributed by atoms with van der Waals surface area (Å²) in [6.45, 7) is 5.17. The van der Waals surface area contributed by atoms with Gasteiger partial charge in [-0.1, -0.05) is 12.1 Å². The highest BCUT2D eigenvalue weighted by atomic mass is 19.1. The summed E-state index contributed by atoms with van der Waals surface area (Å²) < 4.78 is 18.7. The Morgan fingerprint density at radius 1 is 1.16 bits per heavy atom. The molecule has 2 N–H and O–H groups in total. The molecule has 1 saturated heterocycles. The first-order valence-electron chi connectivity index (χ1n) is 10.5. The van der Waals surface area contributed by atoms with Crippen molar-refractivity contribution < 1.29 is 18.7 Å². The van der Waals surface area contributed by atoms with Crippen molar-refractivity contribution in [1.29, 1.82) is 0 Å². The van der Waals surface area contributed by atoms with Crippen LogP contribution in [-0.2, 0) is 9.53 Å². The molecular formula is C22H25FN6O3. The molecule has 1 fully saturated rings. The van der Waals surface area contributed by atoms with Crippen molar-refractivity contribution >= 4 is 17.9 Å². The molecule has 0 bridgehead atoms. The second kappa shape index (κ2) is 9.73. The highest BCUT2D eigenvalue weighted by Gasteiger charge is 2.34. The van der Waals surface area contributed by atoms with E-state index < -0.39 is 23.9 Å². The number of esters is 1. The van der Waals surface area contributed by atoms with Crippen LogP contribution in [0.1, 0.15) is 18.5 Å². The van der Waals surface area contributed by atoms with E-state index in [-0.39, 0.29) is 6.61 Å².